The van der Waals surface area contributed by atoms with Crippen LogP contribution in [0.5, 0.6) is 0 Å². The predicted molar refractivity (Wildman–Crippen MR) is 68.7 cm³/mol. The van der Waals surface area contributed by atoms with Crippen LogP contribution in [0.1, 0.15) is 41.0 Å². The number of ether oxygens (including phenoxy) is 1. The van der Waals surface area contributed by atoms with E-state index in [1.54, 1.807) is 0 Å². The summed E-state index contributed by atoms with van der Waals surface area (Å²) in [7, 11) is -2.52. The van der Waals surface area contributed by atoms with Crippen molar-refractivity contribution in [2.24, 2.45) is 5.92 Å². The zero-order valence-electron chi connectivity index (χ0n) is 11.7. The summed E-state index contributed by atoms with van der Waals surface area (Å²) in [4.78, 5) is 0. The Balaban J connectivity index is 2.80. The van der Waals surface area contributed by atoms with E-state index < -0.39 is 14.6 Å². The van der Waals surface area contributed by atoms with Crippen LogP contribution in [0.2, 0.25) is 6.04 Å². The maximum Gasteiger partial charge on any atom is 0.503 e. The molecule has 0 aliphatic carbocycles. The van der Waals surface area contributed by atoms with Crippen LogP contribution in [-0.4, -0.2) is 34.4 Å². The molecule has 4 nitrogen and oxygen atoms in total. The molecule has 1 rings (SSSR count). The molecule has 1 fully saturated rings. The van der Waals surface area contributed by atoms with Gasteiger partial charge in [0.25, 0.3) is 0 Å². The van der Waals surface area contributed by atoms with Crippen molar-refractivity contribution in [3.63, 3.8) is 0 Å². The molecule has 102 valence electrons. The SMILES string of the molecule is CCOC1(C)O[Si](OCC)(OCC)CCC1C. The third kappa shape index (κ3) is 3.51. The second-order valence-corrected chi connectivity index (χ2v) is 7.19. The van der Waals surface area contributed by atoms with Crippen molar-refractivity contribution < 1.29 is 18.0 Å². The molecule has 0 amide bonds. The van der Waals surface area contributed by atoms with Gasteiger partial charge in [-0.1, -0.05) is 6.92 Å². The fourth-order valence-corrected chi connectivity index (χ4v) is 5.39. The minimum absolute atomic E-state index is 0.365. The first-order valence-electron chi connectivity index (χ1n) is 6.64. The molecule has 1 heterocycles. The molecule has 1 aliphatic rings. The van der Waals surface area contributed by atoms with Crippen LogP contribution >= 0.6 is 0 Å². The summed E-state index contributed by atoms with van der Waals surface area (Å²) in [6.07, 6.45) is 1.03. The van der Waals surface area contributed by atoms with Gasteiger partial charge in [0.05, 0.1) is 0 Å². The summed E-state index contributed by atoms with van der Waals surface area (Å²) < 4.78 is 23.6. The first-order chi connectivity index (χ1) is 8.02. The minimum Gasteiger partial charge on any atom is -0.374 e. The van der Waals surface area contributed by atoms with E-state index in [4.69, 9.17) is 18.0 Å². The summed E-state index contributed by atoms with van der Waals surface area (Å²) in [5.74, 6) is -0.201. The monoisotopic (exact) mass is 262 g/mol. The third-order valence-corrected chi connectivity index (χ3v) is 6.37. The maximum atomic E-state index is 6.17. The molecular formula is C12H26O4Si. The fourth-order valence-electron chi connectivity index (χ4n) is 2.26. The van der Waals surface area contributed by atoms with Gasteiger partial charge in [-0.2, -0.15) is 0 Å². The van der Waals surface area contributed by atoms with Crippen molar-refractivity contribution in [1.29, 1.82) is 0 Å². The molecule has 0 aromatic rings. The largest absolute Gasteiger partial charge is 0.503 e. The van der Waals surface area contributed by atoms with Gasteiger partial charge in [-0.25, -0.2) is 0 Å². The molecule has 1 aliphatic heterocycles. The molecule has 0 radical (unpaired) electrons. The van der Waals surface area contributed by atoms with Gasteiger partial charge in [-0.15, -0.1) is 0 Å². The average molecular weight is 262 g/mol. The zero-order chi connectivity index (χ0) is 12.9. The summed E-state index contributed by atoms with van der Waals surface area (Å²) in [5.41, 5.74) is 0. The Kier molecular flexibility index (Phi) is 5.59. The van der Waals surface area contributed by atoms with E-state index in [0.29, 0.717) is 25.7 Å². The lowest BCUT2D eigenvalue weighted by Crippen LogP contribution is -2.59. The highest BCUT2D eigenvalue weighted by atomic mass is 28.4. The Morgan fingerprint density at radius 3 is 2.24 bits per heavy atom. The molecule has 17 heavy (non-hydrogen) atoms. The normalized spacial score (nSPS) is 32.6. The lowest BCUT2D eigenvalue weighted by atomic mass is 9.99. The van der Waals surface area contributed by atoms with Crippen molar-refractivity contribution in [1.82, 2.24) is 0 Å². The first-order valence-corrected chi connectivity index (χ1v) is 8.57. The maximum absolute atomic E-state index is 6.17. The van der Waals surface area contributed by atoms with E-state index in [2.05, 4.69) is 6.92 Å². The molecule has 2 atom stereocenters. The van der Waals surface area contributed by atoms with Gasteiger partial charge in [0, 0.05) is 31.8 Å². The zero-order valence-corrected chi connectivity index (χ0v) is 12.7. The van der Waals surface area contributed by atoms with Gasteiger partial charge in [-0.05, 0) is 34.1 Å². The van der Waals surface area contributed by atoms with Crippen molar-refractivity contribution in [3.05, 3.63) is 0 Å². The highest BCUT2D eigenvalue weighted by Crippen LogP contribution is 2.39. The molecule has 0 N–H and O–H groups in total. The van der Waals surface area contributed by atoms with E-state index in [1.807, 2.05) is 27.7 Å². The number of hydrogen-bond acceptors (Lipinski definition) is 4. The third-order valence-electron chi connectivity index (χ3n) is 3.30. The standard InChI is InChI=1S/C12H26O4Si/c1-6-13-12(5)11(4)9-10-17(16-12,14-7-2)15-8-3/h11H,6-10H2,1-5H3. The van der Waals surface area contributed by atoms with E-state index in [-0.39, 0.29) is 0 Å². The first kappa shape index (κ1) is 15.1. The van der Waals surface area contributed by atoms with Gasteiger partial charge >= 0.3 is 8.80 Å². The second kappa shape index (κ2) is 6.29. The molecule has 2 unspecified atom stereocenters. The van der Waals surface area contributed by atoms with Gasteiger partial charge in [0.2, 0.25) is 0 Å². The van der Waals surface area contributed by atoms with E-state index in [0.717, 1.165) is 12.5 Å². The van der Waals surface area contributed by atoms with Crippen LogP contribution in [0, 0.1) is 5.92 Å². The number of rotatable bonds is 6. The molecule has 0 spiro atoms. The molecule has 0 aromatic carbocycles. The molecule has 1 saturated heterocycles. The van der Waals surface area contributed by atoms with E-state index in [9.17, 15) is 0 Å². The Bertz CT molecular complexity index is 231. The average Bonchev–Trinajstić information content (AvgIpc) is 2.25. The van der Waals surface area contributed by atoms with Crippen LogP contribution in [0.25, 0.3) is 0 Å². The van der Waals surface area contributed by atoms with Gasteiger partial charge in [0.15, 0.2) is 5.79 Å². The molecular weight excluding hydrogens is 236 g/mol. The van der Waals surface area contributed by atoms with Gasteiger partial charge < -0.3 is 18.0 Å². The van der Waals surface area contributed by atoms with Crippen molar-refractivity contribution in [2.45, 2.75) is 52.9 Å². The smallest absolute Gasteiger partial charge is 0.374 e. The lowest BCUT2D eigenvalue weighted by Gasteiger charge is -2.46. The van der Waals surface area contributed by atoms with Crippen LogP contribution in [0.3, 0.4) is 0 Å². The van der Waals surface area contributed by atoms with Crippen LogP contribution < -0.4 is 0 Å². The van der Waals surface area contributed by atoms with Crippen molar-refractivity contribution >= 4 is 8.80 Å². The van der Waals surface area contributed by atoms with Gasteiger partial charge in [0.1, 0.15) is 0 Å². The van der Waals surface area contributed by atoms with Crippen molar-refractivity contribution in [2.75, 3.05) is 19.8 Å². The van der Waals surface area contributed by atoms with E-state index >= 15 is 0 Å². The highest BCUT2D eigenvalue weighted by molar-refractivity contribution is 6.61. The topological polar surface area (TPSA) is 36.9 Å². The fraction of sp³-hybridized carbons (Fsp3) is 1.00. The lowest BCUT2D eigenvalue weighted by molar-refractivity contribution is -0.236. The van der Waals surface area contributed by atoms with Crippen LogP contribution in [0.15, 0.2) is 0 Å². The van der Waals surface area contributed by atoms with Crippen molar-refractivity contribution in [3.8, 4) is 0 Å². The molecule has 5 heteroatoms. The predicted octanol–water partition coefficient (Wildman–Crippen LogP) is 2.81. The Morgan fingerprint density at radius 1 is 1.18 bits per heavy atom. The molecule has 0 saturated carbocycles. The Hall–Kier alpha value is 0.0569. The van der Waals surface area contributed by atoms with E-state index in [1.165, 1.54) is 0 Å². The Morgan fingerprint density at radius 2 is 1.76 bits per heavy atom. The quantitative estimate of drug-likeness (QED) is 0.690. The molecule has 0 aromatic heterocycles. The molecule has 0 bridgehead atoms. The summed E-state index contributed by atoms with van der Waals surface area (Å²) in [5, 5.41) is 0. The summed E-state index contributed by atoms with van der Waals surface area (Å²) >= 11 is 0. The van der Waals surface area contributed by atoms with Gasteiger partial charge in [-0.3, -0.25) is 0 Å². The Labute approximate surface area is 106 Å². The minimum atomic E-state index is -2.52. The summed E-state index contributed by atoms with van der Waals surface area (Å²) in [6.45, 7) is 12.0. The number of hydrogen-bond donors (Lipinski definition) is 0. The van der Waals surface area contributed by atoms with Crippen LogP contribution in [-0.2, 0) is 18.0 Å². The summed E-state index contributed by atoms with van der Waals surface area (Å²) in [6, 6.07) is 0.887. The highest BCUT2D eigenvalue weighted by Gasteiger charge is 2.53. The van der Waals surface area contributed by atoms with Crippen LogP contribution in [0.4, 0.5) is 0 Å². The second-order valence-electron chi connectivity index (χ2n) is 4.54.